The molecule has 4 nitrogen and oxygen atoms in total. The fourth-order valence-corrected chi connectivity index (χ4v) is 2.43. The summed E-state index contributed by atoms with van der Waals surface area (Å²) in [5.74, 6) is 0. The number of aryl methyl sites for hydroxylation is 3. The molecule has 0 aliphatic heterocycles. The van der Waals surface area contributed by atoms with Crippen LogP contribution in [0.15, 0.2) is 29.1 Å². The van der Waals surface area contributed by atoms with Gasteiger partial charge in [0.15, 0.2) is 0 Å². The van der Waals surface area contributed by atoms with Crippen LogP contribution >= 0.6 is 0 Å². The molecule has 0 amide bonds. The Morgan fingerprint density at radius 1 is 1.24 bits per heavy atom. The fraction of sp³-hybridized carbons (Fsp3) is 0.412. The molecule has 2 rings (SSSR count). The maximum Gasteiger partial charge on any atom is 0.271 e. The molecule has 0 unspecified atom stereocenters. The normalized spacial score (nSPS) is 10.9. The second kappa shape index (κ2) is 6.68. The molecule has 1 aromatic heterocycles. The van der Waals surface area contributed by atoms with Gasteiger partial charge in [0.05, 0.1) is 5.69 Å². The van der Waals surface area contributed by atoms with Crippen molar-refractivity contribution >= 4 is 0 Å². The molecule has 0 aliphatic carbocycles. The minimum atomic E-state index is -0.0351. The number of hydrogen-bond acceptors (Lipinski definition) is 3. The van der Waals surface area contributed by atoms with Crippen molar-refractivity contribution in [1.82, 2.24) is 15.1 Å². The highest BCUT2D eigenvalue weighted by Crippen LogP contribution is 2.22. The zero-order chi connectivity index (χ0) is 15.4. The summed E-state index contributed by atoms with van der Waals surface area (Å²) in [6.07, 6.45) is 1.05. The fourth-order valence-electron chi connectivity index (χ4n) is 2.43. The highest BCUT2D eigenvalue weighted by atomic mass is 16.1. The summed E-state index contributed by atoms with van der Waals surface area (Å²) in [7, 11) is 1.71. The van der Waals surface area contributed by atoms with Gasteiger partial charge in [0.1, 0.15) is 0 Å². The Balaban J connectivity index is 2.42. The second-order valence-corrected chi connectivity index (χ2v) is 5.48. The first-order chi connectivity index (χ1) is 10.0. The number of rotatable bonds is 5. The molecule has 21 heavy (non-hydrogen) atoms. The van der Waals surface area contributed by atoms with Gasteiger partial charge in [-0.25, -0.2) is 4.68 Å². The summed E-state index contributed by atoms with van der Waals surface area (Å²) in [6.45, 7) is 7.75. The lowest BCUT2D eigenvalue weighted by Gasteiger charge is -2.10. The number of hydrogen-bond donors (Lipinski definition) is 1. The Kier molecular flexibility index (Phi) is 4.91. The first-order valence-corrected chi connectivity index (χ1v) is 7.38. The van der Waals surface area contributed by atoms with Crippen molar-refractivity contribution in [2.24, 2.45) is 7.05 Å². The van der Waals surface area contributed by atoms with Crippen LogP contribution < -0.4 is 10.9 Å². The molecule has 1 aromatic carbocycles. The Morgan fingerprint density at radius 3 is 2.67 bits per heavy atom. The standard InChI is InChI=1S/C17H23N3O/c1-5-8-18-11-14-10-16(19-20(4)17(14)21)15-7-6-12(2)9-13(15)3/h6-7,9-10,18H,5,8,11H2,1-4H3. The van der Waals surface area contributed by atoms with Crippen LogP contribution in [0.1, 0.15) is 30.0 Å². The van der Waals surface area contributed by atoms with Crippen molar-refractivity contribution in [2.75, 3.05) is 6.54 Å². The van der Waals surface area contributed by atoms with E-state index in [2.05, 4.69) is 49.4 Å². The first kappa shape index (κ1) is 15.4. The minimum absolute atomic E-state index is 0.0351. The quantitative estimate of drug-likeness (QED) is 0.859. The summed E-state index contributed by atoms with van der Waals surface area (Å²) >= 11 is 0. The third kappa shape index (κ3) is 3.58. The monoisotopic (exact) mass is 285 g/mol. The van der Waals surface area contributed by atoms with Crippen LogP contribution in [0.25, 0.3) is 11.3 Å². The summed E-state index contributed by atoms with van der Waals surface area (Å²) in [6, 6.07) is 8.19. The van der Waals surface area contributed by atoms with Crippen LogP contribution in [-0.4, -0.2) is 16.3 Å². The molecule has 0 spiro atoms. The van der Waals surface area contributed by atoms with Crippen LogP contribution in [0.2, 0.25) is 0 Å². The van der Waals surface area contributed by atoms with Crippen LogP contribution in [0, 0.1) is 13.8 Å². The zero-order valence-corrected chi connectivity index (χ0v) is 13.2. The van der Waals surface area contributed by atoms with Gasteiger partial charge in [-0.1, -0.05) is 30.7 Å². The molecule has 0 bridgehead atoms. The van der Waals surface area contributed by atoms with Crippen LogP contribution in [0.3, 0.4) is 0 Å². The molecule has 1 N–H and O–H groups in total. The van der Waals surface area contributed by atoms with E-state index in [1.165, 1.54) is 15.8 Å². The van der Waals surface area contributed by atoms with Gasteiger partial charge < -0.3 is 5.32 Å². The average molecular weight is 285 g/mol. The number of nitrogens with one attached hydrogen (secondary N) is 1. The molecule has 112 valence electrons. The average Bonchev–Trinajstić information content (AvgIpc) is 2.43. The van der Waals surface area contributed by atoms with E-state index >= 15 is 0 Å². The highest BCUT2D eigenvalue weighted by Gasteiger charge is 2.09. The van der Waals surface area contributed by atoms with Crippen molar-refractivity contribution in [3.63, 3.8) is 0 Å². The van der Waals surface area contributed by atoms with Crippen molar-refractivity contribution in [3.05, 3.63) is 51.3 Å². The first-order valence-electron chi connectivity index (χ1n) is 7.38. The van der Waals surface area contributed by atoms with E-state index in [4.69, 9.17) is 0 Å². The minimum Gasteiger partial charge on any atom is -0.312 e. The number of nitrogens with zero attached hydrogens (tertiary/aromatic N) is 2. The number of aromatic nitrogens is 2. The molecular weight excluding hydrogens is 262 g/mol. The van der Waals surface area contributed by atoms with Gasteiger partial charge in [-0.3, -0.25) is 4.79 Å². The second-order valence-electron chi connectivity index (χ2n) is 5.48. The van der Waals surface area contributed by atoms with Gasteiger partial charge in [0, 0.05) is 24.7 Å². The van der Waals surface area contributed by atoms with E-state index in [0.717, 1.165) is 29.8 Å². The molecule has 0 aliphatic rings. The molecule has 2 aromatic rings. The lowest BCUT2D eigenvalue weighted by Crippen LogP contribution is -2.27. The Bertz CT molecular complexity index is 689. The summed E-state index contributed by atoms with van der Waals surface area (Å²) in [4.78, 5) is 12.1. The van der Waals surface area contributed by atoms with E-state index < -0.39 is 0 Å². The van der Waals surface area contributed by atoms with Crippen LogP contribution in [0.4, 0.5) is 0 Å². The SMILES string of the molecule is CCCNCc1cc(-c2ccc(C)cc2C)nn(C)c1=O. The zero-order valence-electron chi connectivity index (χ0n) is 13.2. The van der Waals surface area contributed by atoms with Gasteiger partial charge >= 0.3 is 0 Å². The van der Waals surface area contributed by atoms with Gasteiger partial charge in [-0.05, 0) is 38.4 Å². The largest absolute Gasteiger partial charge is 0.312 e. The van der Waals surface area contributed by atoms with Crippen molar-refractivity contribution in [2.45, 2.75) is 33.7 Å². The third-order valence-electron chi connectivity index (χ3n) is 3.54. The van der Waals surface area contributed by atoms with Gasteiger partial charge in [0.25, 0.3) is 5.56 Å². The van der Waals surface area contributed by atoms with Crippen molar-refractivity contribution < 1.29 is 0 Å². The van der Waals surface area contributed by atoms with E-state index in [-0.39, 0.29) is 5.56 Å². The smallest absolute Gasteiger partial charge is 0.271 e. The molecule has 0 saturated heterocycles. The van der Waals surface area contributed by atoms with E-state index in [0.29, 0.717) is 6.54 Å². The van der Waals surface area contributed by atoms with Crippen LogP contribution in [0.5, 0.6) is 0 Å². The Labute approximate surface area is 125 Å². The molecule has 0 fully saturated rings. The molecule has 1 heterocycles. The van der Waals surface area contributed by atoms with Gasteiger partial charge in [0.2, 0.25) is 0 Å². The molecule has 0 atom stereocenters. The predicted molar refractivity (Wildman–Crippen MR) is 86.4 cm³/mol. The lowest BCUT2D eigenvalue weighted by molar-refractivity contribution is 0.643. The molecule has 0 saturated carbocycles. The summed E-state index contributed by atoms with van der Waals surface area (Å²) in [5, 5.41) is 7.68. The Hall–Kier alpha value is -1.94. The van der Waals surface area contributed by atoms with Crippen molar-refractivity contribution in [1.29, 1.82) is 0 Å². The van der Waals surface area contributed by atoms with Crippen LogP contribution in [-0.2, 0) is 13.6 Å². The molecule has 0 radical (unpaired) electrons. The topological polar surface area (TPSA) is 46.9 Å². The maximum atomic E-state index is 12.1. The van der Waals surface area contributed by atoms with Crippen molar-refractivity contribution in [3.8, 4) is 11.3 Å². The summed E-state index contributed by atoms with van der Waals surface area (Å²) < 4.78 is 1.43. The third-order valence-corrected chi connectivity index (χ3v) is 3.54. The molecule has 4 heteroatoms. The van der Waals surface area contributed by atoms with E-state index in [9.17, 15) is 4.79 Å². The molecular formula is C17H23N3O. The van der Waals surface area contributed by atoms with E-state index in [1.807, 2.05) is 6.07 Å². The number of benzene rings is 1. The van der Waals surface area contributed by atoms with E-state index in [1.54, 1.807) is 7.05 Å². The predicted octanol–water partition coefficient (Wildman–Crippen LogP) is 2.56. The van der Waals surface area contributed by atoms with Gasteiger partial charge in [-0.15, -0.1) is 0 Å². The summed E-state index contributed by atoms with van der Waals surface area (Å²) in [5.41, 5.74) is 5.05. The lowest BCUT2D eigenvalue weighted by atomic mass is 10.0. The maximum absolute atomic E-state index is 12.1. The highest BCUT2D eigenvalue weighted by molar-refractivity contribution is 5.64. The Morgan fingerprint density at radius 2 is 2.00 bits per heavy atom. The van der Waals surface area contributed by atoms with Gasteiger partial charge in [-0.2, -0.15) is 5.10 Å².